The molecule has 0 saturated heterocycles. The second kappa shape index (κ2) is 25.1. The van der Waals surface area contributed by atoms with E-state index in [9.17, 15) is 40.8 Å². The van der Waals surface area contributed by atoms with Crippen LogP contribution in [0.4, 0.5) is 26.3 Å². The van der Waals surface area contributed by atoms with Crippen molar-refractivity contribution in [1.82, 2.24) is 0 Å². The van der Waals surface area contributed by atoms with Gasteiger partial charge in [0.1, 0.15) is 18.4 Å². The topological polar surface area (TPSA) is 119 Å². The second-order valence-electron chi connectivity index (χ2n) is 20.5. The van der Waals surface area contributed by atoms with Crippen molar-refractivity contribution < 1.29 is 72.9 Å². The van der Waals surface area contributed by atoms with Crippen LogP contribution < -0.4 is 0 Å². The van der Waals surface area contributed by atoms with Gasteiger partial charge in [-0.3, -0.25) is 18.4 Å². The van der Waals surface area contributed by atoms with Crippen molar-refractivity contribution in [3.05, 3.63) is 60.3 Å². The van der Waals surface area contributed by atoms with Crippen molar-refractivity contribution in [3.8, 4) is 0 Å². The van der Waals surface area contributed by atoms with Crippen molar-refractivity contribution in [1.29, 1.82) is 0 Å². The minimum Gasteiger partial charge on any atom is -0.458 e. The number of carbonyl (C=O) groups excluding carboxylic acids is 1. The molecule has 0 aromatic heterocycles. The van der Waals surface area contributed by atoms with Crippen LogP contribution in [0.5, 0.6) is 0 Å². The van der Waals surface area contributed by atoms with Crippen LogP contribution in [0.1, 0.15) is 100 Å². The highest BCUT2D eigenvalue weighted by Crippen LogP contribution is 2.50. The Labute approximate surface area is 386 Å². The van der Waals surface area contributed by atoms with Gasteiger partial charge in [-0.15, -0.1) is 0 Å². The Morgan fingerprint density at radius 3 is 2.08 bits per heavy atom. The van der Waals surface area contributed by atoms with Gasteiger partial charge in [0.25, 0.3) is 0 Å². The van der Waals surface area contributed by atoms with E-state index in [4.69, 9.17) is 23.1 Å². The Hall–Kier alpha value is -1.87. The monoisotopic (exact) mass is 990 g/mol. The lowest BCUT2D eigenvalue weighted by Gasteiger charge is -2.40. The number of hydrogen-bond acceptors (Lipinski definition) is 10. The van der Waals surface area contributed by atoms with Crippen LogP contribution in [0.15, 0.2) is 60.3 Å². The number of esters is 1. The predicted octanol–water partition coefficient (Wildman–Crippen LogP) is 12.7. The zero-order valence-electron chi connectivity index (χ0n) is 40.6. The molecule has 0 spiro atoms. The smallest absolute Gasteiger partial charge is 0.412 e. The van der Waals surface area contributed by atoms with Crippen molar-refractivity contribution in [2.24, 2.45) is 5.92 Å². The van der Waals surface area contributed by atoms with E-state index in [0.29, 0.717) is 32.3 Å². The van der Waals surface area contributed by atoms with Gasteiger partial charge in [0, 0.05) is 19.4 Å². The molecule has 0 bridgehead atoms. The minimum absolute atomic E-state index is 0.0141. The third-order valence-electron chi connectivity index (χ3n) is 12.1. The zero-order chi connectivity index (χ0) is 49.7. The molecule has 0 saturated carbocycles. The van der Waals surface area contributed by atoms with Crippen LogP contribution in [0, 0.1) is 5.92 Å². The van der Waals surface area contributed by atoms with Crippen LogP contribution in [-0.2, 0) is 41.5 Å². The molecule has 65 heavy (non-hydrogen) atoms. The molecule has 376 valence electrons. The molecule has 0 amide bonds. The number of halogens is 6. The van der Waals surface area contributed by atoms with E-state index in [2.05, 4.69) is 62.5 Å². The van der Waals surface area contributed by atoms with Gasteiger partial charge < -0.3 is 28.2 Å². The molecule has 2 unspecified atom stereocenters. The first-order valence-electron chi connectivity index (χ1n) is 22.4. The molecule has 0 radical (unpaired) electrons. The molecule has 2 rings (SSSR count). The van der Waals surface area contributed by atoms with Gasteiger partial charge in [0.15, 0.2) is 29.8 Å². The number of aliphatic hydroxyl groups excluding tert-OH is 1. The normalized spacial score (nSPS) is 21.6. The van der Waals surface area contributed by atoms with Crippen LogP contribution in [0.2, 0.25) is 36.3 Å². The van der Waals surface area contributed by atoms with E-state index >= 15 is 0 Å². The van der Waals surface area contributed by atoms with Crippen LogP contribution in [0.3, 0.4) is 0 Å². The average molecular weight is 991 g/mol. The lowest BCUT2D eigenvalue weighted by Crippen LogP contribution is -2.47. The highest BCUT2D eigenvalue weighted by Gasteiger charge is 2.44. The maximum absolute atomic E-state index is 13.7. The molecule has 19 heteroatoms. The fourth-order valence-electron chi connectivity index (χ4n) is 6.61. The summed E-state index contributed by atoms with van der Waals surface area (Å²) in [5, 5.41) is 8.88. The van der Waals surface area contributed by atoms with E-state index in [1.165, 1.54) is 0 Å². The molecule has 0 aromatic rings. The molecule has 0 fully saturated rings. The van der Waals surface area contributed by atoms with Gasteiger partial charge in [-0.1, -0.05) is 109 Å². The Kier molecular flexibility index (Phi) is 22.9. The van der Waals surface area contributed by atoms with Gasteiger partial charge in [0.05, 0.1) is 31.0 Å². The number of carbonyl (C=O) groups is 1. The fraction of sp³-hybridized carbons (Fsp3) is 0.761. The largest absolute Gasteiger partial charge is 0.458 e. The van der Waals surface area contributed by atoms with Crippen LogP contribution in [0.25, 0.3) is 0 Å². The summed E-state index contributed by atoms with van der Waals surface area (Å²) < 4.78 is 133. The van der Waals surface area contributed by atoms with Crippen molar-refractivity contribution in [2.45, 2.75) is 186 Å². The fourth-order valence-corrected chi connectivity index (χ4v) is 10.5. The SMILES string of the molecule is C=C(CC(/C=C/C[C@H](OC(=O)CP(=O)(OCC(F)(F)F)OCC(F)(F)F)C(/C=C/[C@@H]1CC(C)=CCO1)O[Si](C)(C)C(C)(C)C)O[Si](C)(C)C(C)(C)C)C[C@H](C)C[C@@H]1CC=C[C@@H](CCO)O1. The van der Waals surface area contributed by atoms with E-state index in [1.54, 1.807) is 18.2 Å². The lowest BCUT2D eigenvalue weighted by atomic mass is 9.91. The van der Waals surface area contributed by atoms with Crippen LogP contribution >= 0.6 is 7.60 Å². The summed E-state index contributed by atoms with van der Waals surface area (Å²) in [6, 6.07) is 0. The van der Waals surface area contributed by atoms with Crippen molar-refractivity contribution in [2.75, 3.05) is 32.6 Å². The second-order valence-corrected chi connectivity index (χ2v) is 32.0. The third kappa shape index (κ3) is 22.9. The third-order valence-corrected chi connectivity index (χ3v) is 22.8. The van der Waals surface area contributed by atoms with Gasteiger partial charge in [-0.2, -0.15) is 26.3 Å². The van der Waals surface area contributed by atoms with E-state index in [0.717, 1.165) is 24.0 Å². The molecule has 1 N–H and O–H groups in total. The first-order valence-corrected chi connectivity index (χ1v) is 30.0. The summed E-state index contributed by atoms with van der Waals surface area (Å²) in [4.78, 5) is 13.7. The van der Waals surface area contributed by atoms with Gasteiger partial charge in [0.2, 0.25) is 0 Å². The molecule has 2 aliphatic rings. The number of hydrogen-bond donors (Lipinski definition) is 1. The van der Waals surface area contributed by atoms with Crippen molar-refractivity contribution >= 4 is 30.2 Å². The molecule has 7 atom stereocenters. The highest BCUT2D eigenvalue weighted by molar-refractivity contribution is 7.54. The maximum Gasteiger partial charge on any atom is 0.412 e. The number of alkyl halides is 6. The summed E-state index contributed by atoms with van der Waals surface area (Å²) in [7, 11) is -10.5. The van der Waals surface area contributed by atoms with Gasteiger partial charge in [-0.25, -0.2) is 0 Å². The maximum atomic E-state index is 13.7. The summed E-state index contributed by atoms with van der Waals surface area (Å²) in [6.45, 7) is 25.1. The standard InChI is InChI=1S/C46H77F6O10PSi2/c1-33-23-25-56-37(27-33)20-21-41(62-65(12,13)44(7,8)9)40(60-42(54)30-63(55,57-31-45(47,48)49)58-32-46(50,51)52)19-15-18-39(61-64(10,11)43(4,5)6)29-35(3)26-34(2)28-38-17-14-16-36(59-38)22-24-53/h14-16,18,20-21,23,34,36-41,53H,3,17,19,22,24-32H2,1-2,4-13H3/b18-15+,21-20+/t34-,36-,37+,38-,39?,40-,41?/m0/s1. The van der Waals surface area contributed by atoms with E-state index < -0.39 is 80.2 Å². The number of aliphatic hydroxyl groups is 1. The first kappa shape index (κ1) is 59.3. The Morgan fingerprint density at radius 2 is 1.54 bits per heavy atom. The molecule has 2 heterocycles. The summed E-state index contributed by atoms with van der Waals surface area (Å²) in [5.74, 6) is -1.18. The average Bonchev–Trinajstić information content (AvgIpc) is 3.13. The number of rotatable bonds is 25. The predicted molar refractivity (Wildman–Crippen MR) is 248 cm³/mol. The lowest BCUT2D eigenvalue weighted by molar-refractivity contribution is -0.167. The molecule has 10 nitrogen and oxygen atoms in total. The highest BCUT2D eigenvalue weighted by atomic mass is 31.2. The Bertz CT molecular complexity index is 1660. The number of ether oxygens (including phenoxy) is 3. The molecular weight excluding hydrogens is 914 g/mol. The Morgan fingerprint density at radius 1 is 0.954 bits per heavy atom. The van der Waals surface area contributed by atoms with Gasteiger partial charge in [-0.05, 0) is 81.2 Å². The molecule has 0 aromatic carbocycles. The Balaban J connectivity index is 2.57. The molecular formula is C46H77F6O10PSi2. The van der Waals surface area contributed by atoms with Crippen LogP contribution in [-0.4, -0.2) is 109 Å². The van der Waals surface area contributed by atoms with Gasteiger partial charge >= 0.3 is 25.9 Å². The minimum atomic E-state index is -5.35. The van der Waals surface area contributed by atoms with E-state index in [-0.39, 0.29) is 47.3 Å². The molecule has 0 aliphatic carbocycles. The summed E-state index contributed by atoms with van der Waals surface area (Å²) in [6.07, 6.45) is 2.10. The van der Waals surface area contributed by atoms with Crippen molar-refractivity contribution in [3.63, 3.8) is 0 Å². The summed E-state index contributed by atoms with van der Waals surface area (Å²) in [5.41, 5.74) is 2.04. The first-order chi connectivity index (χ1) is 29.6. The summed E-state index contributed by atoms with van der Waals surface area (Å²) >= 11 is 0. The van der Waals surface area contributed by atoms with E-state index in [1.807, 2.05) is 59.0 Å². The zero-order valence-corrected chi connectivity index (χ0v) is 43.5. The molecule has 2 aliphatic heterocycles. The quantitative estimate of drug-likeness (QED) is 0.0311.